The summed E-state index contributed by atoms with van der Waals surface area (Å²) in [6.07, 6.45) is 10.3. The first-order chi connectivity index (χ1) is 17.8. The number of hydrogen-bond acceptors (Lipinski definition) is 8. The number of aryl methyl sites for hydroxylation is 1. The smallest absolute Gasteiger partial charge is 0.265 e. The molecule has 3 aromatic rings. The molecule has 0 bridgehead atoms. The Morgan fingerprint density at radius 3 is 2.57 bits per heavy atom. The van der Waals surface area contributed by atoms with Crippen LogP contribution in [0.2, 0.25) is 0 Å². The number of hydrogen-bond donors (Lipinski definition) is 1. The molecule has 0 radical (unpaired) electrons. The maximum atomic E-state index is 13.3. The molecule has 2 aliphatic carbocycles. The Labute approximate surface area is 221 Å². The fraction of sp³-hybridized carbons (Fsp3) is 0.464. The Hall–Kier alpha value is -3.17. The van der Waals surface area contributed by atoms with Crippen molar-refractivity contribution in [3.63, 3.8) is 0 Å². The van der Waals surface area contributed by atoms with Crippen molar-refractivity contribution in [2.45, 2.75) is 58.1 Å². The number of aromatic nitrogens is 4. The summed E-state index contributed by atoms with van der Waals surface area (Å²) < 4.78 is 6.42. The average Bonchev–Trinajstić information content (AvgIpc) is 3.22. The van der Waals surface area contributed by atoms with E-state index in [-0.39, 0.29) is 12.0 Å². The van der Waals surface area contributed by atoms with Crippen LogP contribution >= 0.6 is 11.3 Å². The van der Waals surface area contributed by atoms with Crippen LogP contribution in [0.15, 0.2) is 36.7 Å². The molecule has 1 saturated carbocycles. The van der Waals surface area contributed by atoms with Gasteiger partial charge in [0.05, 0.1) is 11.4 Å². The summed E-state index contributed by atoms with van der Waals surface area (Å²) in [6, 6.07) is 5.86. The predicted molar refractivity (Wildman–Crippen MR) is 143 cm³/mol. The monoisotopic (exact) mass is 516 g/mol. The number of rotatable bonds is 6. The number of likely N-dealkylation sites (tertiary alicyclic amines) is 1. The maximum absolute atomic E-state index is 13.3. The summed E-state index contributed by atoms with van der Waals surface area (Å²) in [4.78, 5) is 33.8. The highest BCUT2D eigenvalue weighted by Gasteiger charge is 2.59. The van der Waals surface area contributed by atoms with Gasteiger partial charge in [-0.15, -0.1) is 11.3 Å². The molecule has 3 atom stereocenters. The zero-order chi connectivity index (χ0) is 25.7. The molecule has 3 aromatic heterocycles. The summed E-state index contributed by atoms with van der Waals surface area (Å²) in [5.74, 6) is 1.86. The van der Waals surface area contributed by atoms with Crippen molar-refractivity contribution in [1.82, 2.24) is 24.8 Å². The molecule has 37 heavy (non-hydrogen) atoms. The van der Waals surface area contributed by atoms with Gasteiger partial charge in [0.15, 0.2) is 10.8 Å². The van der Waals surface area contributed by atoms with Gasteiger partial charge < -0.3 is 15.4 Å². The van der Waals surface area contributed by atoms with E-state index in [1.807, 2.05) is 31.7 Å². The maximum Gasteiger partial charge on any atom is 0.265 e. The second-order valence-electron chi connectivity index (χ2n) is 10.9. The van der Waals surface area contributed by atoms with Crippen LogP contribution in [0.3, 0.4) is 0 Å². The number of nitrogens with two attached hydrogens (primary N) is 1. The Morgan fingerprint density at radius 1 is 1.14 bits per heavy atom. The van der Waals surface area contributed by atoms with Crippen LogP contribution in [0.1, 0.15) is 66.2 Å². The van der Waals surface area contributed by atoms with Crippen LogP contribution in [-0.4, -0.2) is 49.9 Å². The highest BCUT2D eigenvalue weighted by atomic mass is 32.1. The topological polar surface area (TPSA) is 107 Å². The molecule has 0 unspecified atom stereocenters. The largest absolute Gasteiger partial charge is 0.474 e. The quantitative estimate of drug-likeness (QED) is 0.510. The van der Waals surface area contributed by atoms with E-state index < -0.39 is 5.54 Å². The first-order valence-corrected chi connectivity index (χ1v) is 13.8. The Bertz CT molecular complexity index is 1350. The number of piperidine rings is 1. The number of ether oxygens (including phenoxy) is 1. The van der Waals surface area contributed by atoms with Crippen molar-refractivity contribution >= 4 is 22.8 Å². The number of thiazole rings is 1. The SMILES string of the molecule is Cc1nc(-c2ncccn2)sc1C(=O)N1C[C@@H]2[C@H](C1)[C@@H]2Oc1cc(C(C)(C)N)cc(C2=CCCCC2)n1. The lowest BCUT2D eigenvalue weighted by Crippen LogP contribution is -2.33. The van der Waals surface area contributed by atoms with Crippen molar-refractivity contribution < 1.29 is 9.53 Å². The average molecular weight is 517 g/mol. The van der Waals surface area contributed by atoms with Crippen molar-refractivity contribution in [1.29, 1.82) is 0 Å². The number of pyridine rings is 1. The van der Waals surface area contributed by atoms with E-state index in [0.29, 0.717) is 46.5 Å². The molecule has 8 nitrogen and oxygen atoms in total. The van der Waals surface area contributed by atoms with Gasteiger partial charge in [0.25, 0.3) is 5.91 Å². The van der Waals surface area contributed by atoms with Gasteiger partial charge in [-0.25, -0.2) is 19.9 Å². The molecule has 6 rings (SSSR count). The van der Waals surface area contributed by atoms with Crippen molar-refractivity contribution in [3.8, 4) is 16.7 Å². The third-order valence-electron chi connectivity index (χ3n) is 7.57. The summed E-state index contributed by atoms with van der Waals surface area (Å²) in [5, 5.41) is 0.671. The lowest BCUT2D eigenvalue weighted by atomic mass is 9.92. The van der Waals surface area contributed by atoms with Gasteiger partial charge in [0.2, 0.25) is 5.88 Å². The molecule has 3 aliphatic rings. The van der Waals surface area contributed by atoms with Crippen LogP contribution in [0.25, 0.3) is 16.4 Å². The zero-order valence-corrected chi connectivity index (χ0v) is 22.3. The first kappa shape index (κ1) is 24.2. The number of amides is 1. The van der Waals surface area contributed by atoms with Gasteiger partial charge in [-0.3, -0.25) is 4.79 Å². The number of nitrogens with zero attached hydrogens (tertiary/aromatic N) is 5. The number of carbonyl (C=O) groups is 1. The van der Waals surface area contributed by atoms with Crippen LogP contribution in [-0.2, 0) is 5.54 Å². The standard InChI is InChI=1S/C28H32N6O2S/c1-16-24(37-26(32-16)25-30-10-7-11-31-25)27(35)34-14-19-20(15-34)23(19)36-22-13-18(28(2,3)29)12-21(33-22)17-8-5-4-6-9-17/h7-8,10-13,19-20,23H,4-6,9,14-15,29H2,1-3H3/t19-,20+,23-. The van der Waals surface area contributed by atoms with Gasteiger partial charge >= 0.3 is 0 Å². The highest BCUT2D eigenvalue weighted by Crippen LogP contribution is 2.48. The number of carbonyl (C=O) groups excluding carboxylic acids is 1. The molecule has 9 heteroatoms. The molecule has 4 heterocycles. The molecule has 1 amide bonds. The molecule has 2 N–H and O–H groups in total. The van der Waals surface area contributed by atoms with Gasteiger partial charge in [-0.05, 0) is 69.7 Å². The minimum atomic E-state index is -0.482. The van der Waals surface area contributed by atoms with Crippen molar-refractivity contribution in [2.75, 3.05) is 13.1 Å². The van der Waals surface area contributed by atoms with Crippen LogP contribution in [0, 0.1) is 18.8 Å². The summed E-state index contributed by atoms with van der Waals surface area (Å²) in [6.45, 7) is 7.26. The first-order valence-electron chi connectivity index (χ1n) is 13.0. The highest BCUT2D eigenvalue weighted by molar-refractivity contribution is 7.17. The molecule has 192 valence electrons. The van der Waals surface area contributed by atoms with Crippen molar-refractivity contribution in [3.05, 3.63) is 58.5 Å². The lowest BCUT2D eigenvalue weighted by molar-refractivity contribution is 0.0755. The molecule has 1 saturated heterocycles. The third-order valence-corrected chi connectivity index (χ3v) is 8.71. The molecule has 0 spiro atoms. The zero-order valence-electron chi connectivity index (χ0n) is 21.5. The van der Waals surface area contributed by atoms with Crippen LogP contribution in [0.4, 0.5) is 0 Å². The molecule has 0 aromatic carbocycles. The lowest BCUT2D eigenvalue weighted by Gasteiger charge is -2.23. The minimum absolute atomic E-state index is 0.0275. The van der Waals surface area contributed by atoms with E-state index in [1.165, 1.54) is 29.8 Å². The number of fused-ring (bicyclic) bond motifs is 1. The van der Waals surface area contributed by atoms with Crippen molar-refractivity contribution in [2.24, 2.45) is 17.6 Å². The second-order valence-corrected chi connectivity index (χ2v) is 11.9. The molecule has 1 aliphatic heterocycles. The second kappa shape index (κ2) is 9.29. The van der Waals surface area contributed by atoms with Gasteiger partial charge in [-0.2, -0.15) is 0 Å². The Morgan fingerprint density at radius 2 is 1.89 bits per heavy atom. The van der Waals surface area contributed by atoms with Crippen LogP contribution < -0.4 is 10.5 Å². The van der Waals surface area contributed by atoms with Gasteiger partial charge in [-0.1, -0.05) is 6.08 Å². The van der Waals surface area contributed by atoms with E-state index in [2.05, 4.69) is 27.1 Å². The summed E-state index contributed by atoms with van der Waals surface area (Å²) >= 11 is 1.36. The van der Waals surface area contributed by atoms with E-state index in [9.17, 15) is 4.79 Å². The predicted octanol–water partition coefficient (Wildman–Crippen LogP) is 4.60. The Kier molecular flexibility index (Phi) is 6.07. The summed E-state index contributed by atoms with van der Waals surface area (Å²) in [7, 11) is 0. The third kappa shape index (κ3) is 4.78. The van der Waals surface area contributed by atoms with E-state index in [1.54, 1.807) is 18.5 Å². The van der Waals surface area contributed by atoms with Gasteiger partial charge in [0, 0.05) is 48.9 Å². The van der Waals surface area contributed by atoms with E-state index in [0.717, 1.165) is 29.8 Å². The van der Waals surface area contributed by atoms with E-state index in [4.69, 9.17) is 15.5 Å². The normalized spacial score (nSPS) is 23.0. The Balaban J connectivity index is 1.14. The fourth-order valence-electron chi connectivity index (χ4n) is 5.37. The van der Waals surface area contributed by atoms with Crippen LogP contribution in [0.5, 0.6) is 5.88 Å². The number of allylic oxidation sites excluding steroid dienone is 2. The summed E-state index contributed by atoms with van der Waals surface area (Å²) in [5.41, 5.74) is 10.00. The molecule has 2 fully saturated rings. The van der Waals surface area contributed by atoms with E-state index >= 15 is 0 Å². The molecular formula is C28H32N6O2S. The fourth-order valence-corrected chi connectivity index (χ4v) is 6.35. The van der Waals surface area contributed by atoms with Gasteiger partial charge in [0.1, 0.15) is 11.0 Å². The molecular weight excluding hydrogens is 484 g/mol. The minimum Gasteiger partial charge on any atom is -0.474 e.